The maximum absolute atomic E-state index is 13.0. The molecule has 0 aliphatic carbocycles. The predicted octanol–water partition coefficient (Wildman–Crippen LogP) is 3.47. The van der Waals surface area contributed by atoms with Gasteiger partial charge in [-0.1, -0.05) is 29.8 Å². The normalized spacial score (nSPS) is 10.3. The molecule has 2 aromatic carbocycles. The zero-order chi connectivity index (χ0) is 14.7. The van der Waals surface area contributed by atoms with Gasteiger partial charge < -0.3 is 0 Å². The maximum Gasteiger partial charge on any atom is 0.283 e. The smallest absolute Gasteiger partial charge is 0.283 e. The Morgan fingerprint density at radius 1 is 1.20 bits per heavy atom. The Morgan fingerprint density at radius 3 is 2.45 bits per heavy atom. The number of benzene rings is 2. The predicted molar refractivity (Wildman–Crippen MR) is 72.3 cm³/mol. The molecule has 0 N–H and O–H groups in total. The Bertz CT molecular complexity index is 665. The van der Waals surface area contributed by atoms with Gasteiger partial charge in [-0.3, -0.25) is 14.9 Å². The van der Waals surface area contributed by atoms with Crippen LogP contribution in [0, 0.1) is 22.9 Å². The molecule has 20 heavy (non-hydrogen) atoms. The Kier molecular flexibility index (Phi) is 3.89. The highest BCUT2D eigenvalue weighted by atomic mass is 19.1. The molecular formula is C15H12FNO3. The lowest BCUT2D eigenvalue weighted by molar-refractivity contribution is -0.385. The van der Waals surface area contributed by atoms with Gasteiger partial charge in [0.1, 0.15) is 5.82 Å². The average molecular weight is 273 g/mol. The van der Waals surface area contributed by atoms with Crippen molar-refractivity contribution in [2.24, 2.45) is 0 Å². The van der Waals surface area contributed by atoms with Gasteiger partial charge in [0.05, 0.1) is 16.6 Å². The number of nitrogens with zero attached hydrogens (tertiary/aromatic N) is 1. The molecule has 2 rings (SSSR count). The van der Waals surface area contributed by atoms with E-state index in [1.807, 2.05) is 19.1 Å². The third-order valence-electron chi connectivity index (χ3n) is 2.94. The van der Waals surface area contributed by atoms with Crippen LogP contribution in [-0.2, 0) is 6.42 Å². The van der Waals surface area contributed by atoms with Crippen molar-refractivity contribution in [1.29, 1.82) is 0 Å². The number of Topliss-reactive ketones (excluding diaryl/α,β-unsaturated/α-hetero) is 1. The molecule has 0 saturated heterocycles. The lowest BCUT2D eigenvalue weighted by Gasteiger charge is -2.03. The van der Waals surface area contributed by atoms with Crippen LogP contribution in [0.5, 0.6) is 0 Å². The molecular weight excluding hydrogens is 261 g/mol. The second-order valence-electron chi connectivity index (χ2n) is 4.50. The van der Waals surface area contributed by atoms with E-state index in [2.05, 4.69) is 0 Å². The lowest BCUT2D eigenvalue weighted by Crippen LogP contribution is -2.07. The largest absolute Gasteiger partial charge is 0.294 e. The molecule has 5 heteroatoms. The number of nitro benzene ring substituents is 1. The van der Waals surface area contributed by atoms with E-state index < -0.39 is 22.2 Å². The minimum absolute atomic E-state index is 0.0484. The van der Waals surface area contributed by atoms with Crippen LogP contribution in [-0.4, -0.2) is 10.7 Å². The summed E-state index contributed by atoms with van der Waals surface area (Å²) in [6, 6.07) is 10.3. The summed E-state index contributed by atoms with van der Waals surface area (Å²) in [5.74, 6) is -1.14. The summed E-state index contributed by atoms with van der Waals surface area (Å²) >= 11 is 0. The molecule has 0 bridgehead atoms. The van der Waals surface area contributed by atoms with Crippen molar-refractivity contribution < 1.29 is 14.1 Å². The van der Waals surface area contributed by atoms with E-state index in [-0.39, 0.29) is 12.0 Å². The van der Waals surface area contributed by atoms with Crippen LogP contribution < -0.4 is 0 Å². The molecule has 102 valence electrons. The number of hydrogen-bond acceptors (Lipinski definition) is 3. The molecule has 4 nitrogen and oxygen atoms in total. The number of carbonyl (C=O) groups excluding carboxylic acids is 1. The number of rotatable bonds is 4. The van der Waals surface area contributed by atoms with Crippen LogP contribution in [0.2, 0.25) is 0 Å². The number of nitro groups is 1. The van der Waals surface area contributed by atoms with Crippen LogP contribution in [0.25, 0.3) is 0 Å². The van der Waals surface area contributed by atoms with Gasteiger partial charge in [0.2, 0.25) is 0 Å². The third kappa shape index (κ3) is 3.06. The summed E-state index contributed by atoms with van der Waals surface area (Å²) in [5, 5.41) is 10.9. The fraction of sp³-hybridized carbons (Fsp3) is 0.133. The molecule has 0 spiro atoms. The van der Waals surface area contributed by atoms with E-state index in [1.54, 1.807) is 12.1 Å². The van der Waals surface area contributed by atoms with Gasteiger partial charge >= 0.3 is 0 Å². The summed E-state index contributed by atoms with van der Waals surface area (Å²) < 4.78 is 13.0. The van der Waals surface area contributed by atoms with Crippen LogP contribution >= 0.6 is 0 Å². The van der Waals surface area contributed by atoms with Crippen LogP contribution in [0.15, 0.2) is 42.5 Å². The molecule has 0 aliphatic heterocycles. The maximum atomic E-state index is 13.0. The van der Waals surface area contributed by atoms with Gasteiger partial charge in [0.25, 0.3) is 5.69 Å². The molecule has 0 saturated carbocycles. The number of carbonyl (C=O) groups is 1. The van der Waals surface area contributed by atoms with E-state index in [4.69, 9.17) is 0 Å². The molecule has 0 heterocycles. The molecule has 0 unspecified atom stereocenters. The Hall–Kier alpha value is -2.56. The fourth-order valence-electron chi connectivity index (χ4n) is 1.88. The molecule has 2 aromatic rings. The highest BCUT2D eigenvalue weighted by molar-refractivity contribution is 6.01. The van der Waals surface area contributed by atoms with E-state index >= 15 is 0 Å². The van der Waals surface area contributed by atoms with Crippen LogP contribution in [0.4, 0.5) is 10.1 Å². The molecule has 0 amide bonds. The van der Waals surface area contributed by atoms with Gasteiger partial charge in [-0.2, -0.15) is 0 Å². The Labute approximate surface area is 115 Å². The zero-order valence-corrected chi connectivity index (χ0v) is 10.8. The van der Waals surface area contributed by atoms with Gasteiger partial charge in [0.15, 0.2) is 5.78 Å². The summed E-state index contributed by atoms with van der Waals surface area (Å²) in [4.78, 5) is 22.2. The quantitative estimate of drug-likeness (QED) is 0.487. The topological polar surface area (TPSA) is 60.2 Å². The van der Waals surface area contributed by atoms with Crippen molar-refractivity contribution in [2.75, 3.05) is 0 Å². The van der Waals surface area contributed by atoms with Gasteiger partial charge in [-0.05, 0) is 24.6 Å². The second-order valence-corrected chi connectivity index (χ2v) is 4.50. The van der Waals surface area contributed by atoms with E-state index in [1.165, 1.54) is 0 Å². The van der Waals surface area contributed by atoms with Gasteiger partial charge in [-0.25, -0.2) is 4.39 Å². The van der Waals surface area contributed by atoms with Crippen LogP contribution in [0.3, 0.4) is 0 Å². The van der Waals surface area contributed by atoms with Crippen molar-refractivity contribution in [1.82, 2.24) is 0 Å². The summed E-state index contributed by atoms with van der Waals surface area (Å²) in [6.45, 7) is 1.93. The molecule has 0 fully saturated rings. The van der Waals surface area contributed by atoms with Crippen molar-refractivity contribution >= 4 is 11.5 Å². The monoisotopic (exact) mass is 273 g/mol. The number of aryl methyl sites for hydroxylation is 1. The first kappa shape index (κ1) is 13.9. The number of halogens is 1. The summed E-state index contributed by atoms with van der Waals surface area (Å²) in [5.41, 5.74) is 1.26. The van der Waals surface area contributed by atoms with Crippen molar-refractivity contribution in [2.45, 2.75) is 13.3 Å². The third-order valence-corrected chi connectivity index (χ3v) is 2.94. The molecule has 0 aliphatic rings. The first-order chi connectivity index (χ1) is 9.47. The fourth-order valence-corrected chi connectivity index (χ4v) is 1.88. The minimum atomic E-state index is -0.745. The Balaban J connectivity index is 2.29. The van der Waals surface area contributed by atoms with Gasteiger partial charge in [-0.15, -0.1) is 0 Å². The molecule has 0 radical (unpaired) electrons. The SMILES string of the molecule is Cc1ccc(CC(=O)c2ccc(F)cc2[N+](=O)[O-])cc1. The van der Waals surface area contributed by atoms with E-state index in [0.29, 0.717) is 0 Å². The molecule has 0 atom stereocenters. The summed E-state index contributed by atoms with van der Waals surface area (Å²) in [6.07, 6.45) is 0.0484. The number of hydrogen-bond donors (Lipinski definition) is 0. The minimum Gasteiger partial charge on any atom is -0.294 e. The first-order valence-corrected chi connectivity index (χ1v) is 6.00. The highest BCUT2D eigenvalue weighted by Gasteiger charge is 2.20. The molecule has 0 aromatic heterocycles. The van der Waals surface area contributed by atoms with Crippen molar-refractivity contribution in [3.8, 4) is 0 Å². The van der Waals surface area contributed by atoms with Gasteiger partial charge in [0, 0.05) is 6.42 Å². The summed E-state index contributed by atoms with van der Waals surface area (Å²) in [7, 11) is 0. The lowest BCUT2D eigenvalue weighted by atomic mass is 10.0. The van der Waals surface area contributed by atoms with E-state index in [9.17, 15) is 19.3 Å². The van der Waals surface area contributed by atoms with Crippen molar-refractivity contribution in [3.63, 3.8) is 0 Å². The standard InChI is InChI=1S/C15H12FNO3/c1-10-2-4-11(5-3-10)8-15(18)13-7-6-12(16)9-14(13)17(19)20/h2-7,9H,8H2,1H3. The highest BCUT2D eigenvalue weighted by Crippen LogP contribution is 2.21. The zero-order valence-electron chi connectivity index (χ0n) is 10.8. The van der Waals surface area contributed by atoms with Crippen molar-refractivity contribution in [3.05, 3.63) is 75.1 Å². The number of ketones is 1. The average Bonchev–Trinajstić information content (AvgIpc) is 2.41. The van der Waals surface area contributed by atoms with E-state index in [0.717, 1.165) is 29.3 Å². The second kappa shape index (κ2) is 5.61. The Morgan fingerprint density at radius 2 is 1.85 bits per heavy atom. The van der Waals surface area contributed by atoms with Crippen LogP contribution in [0.1, 0.15) is 21.5 Å². The first-order valence-electron chi connectivity index (χ1n) is 6.00.